The van der Waals surface area contributed by atoms with Crippen LogP contribution in [0.15, 0.2) is 84.9 Å². The lowest BCUT2D eigenvalue weighted by Crippen LogP contribution is -2.18. The Morgan fingerprint density at radius 1 is 0.320 bits per heavy atom. The predicted molar refractivity (Wildman–Crippen MR) is 216 cm³/mol. The van der Waals surface area contributed by atoms with Gasteiger partial charge in [0.25, 0.3) is 0 Å². The first-order valence-corrected chi connectivity index (χ1v) is 18.2. The minimum atomic E-state index is -0.178. The average Bonchev–Trinajstić information content (AvgIpc) is 3.02. The van der Waals surface area contributed by atoms with Gasteiger partial charge in [-0.3, -0.25) is 9.78 Å². The molecule has 0 saturated carbocycles. The summed E-state index contributed by atoms with van der Waals surface area (Å²) < 4.78 is 0. The first-order valence-electron chi connectivity index (χ1n) is 18.2. The molecule has 0 bridgehead atoms. The molecule has 0 atom stereocenters. The van der Waals surface area contributed by atoms with E-state index < -0.39 is 0 Å². The van der Waals surface area contributed by atoms with Crippen LogP contribution in [0.25, 0.3) is 64.6 Å². The Balaban J connectivity index is 1.36. The standard InChI is InChI=1S/C48H50O2/c1-45(2,3)33-21-27-13-15-31-25-37(47(7,8)9)43(35-19-17-29(23-33)39(27)41(31)35)49-50-44-36-20-18-30-24-34(46(4,5)6)22-28-14-16-32(42(36)40(28)30)26-38(44)48(10,11)12/h13-26H,1-12H3. The molecule has 0 spiro atoms. The van der Waals surface area contributed by atoms with Gasteiger partial charge in [0.05, 0.1) is 0 Å². The molecule has 0 fully saturated rings. The highest BCUT2D eigenvalue weighted by Gasteiger charge is 2.29. The largest absolute Gasteiger partial charge is 0.289 e. The zero-order valence-corrected chi connectivity index (χ0v) is 31.9. The Bertz CT molecular complexity index is 2390. The van der Waals surface area contributed by atoms with Crippen LogP contribution in [-0.4, -0.2) is 0 Å². The smallest absolute Gasteiger partial charge is 0.190 e. The zero-order chi connectivity index (χ0) is 35.7. The highest BCUT2D eigenvalue weighted by Crippen LogP contribution is 2.48. The lowest BCUT2D eigenvalue weighted by atomic mass is 9.80. The lowest BCUT2D eigenvalue weighted by molar-refractivity contribution is -0.0995. The van der Waals surface area contributed by atoms with Crippen molar-refractivity contribution in [3.63, 3.8) is 0 Å². The highest BCUT2D eigenvalue weighted by atomic mass is 17.2. The molecule has 2 nitrogen and oxygen atoms in total. The number of hydrogen-bond acceptors (Lipinski definition) is 2. The van der Waals surface area contributed by atoms with Crippen LogP contribution in [0.3, 0.4) is 0 Å². The molecule has 0 saturated heterocycles. The van der Waals surface area contributed by atoms with E-state index in [0.717, 1.165) is 33.4 Å². The van der Waals surface area contributed by atoms with E-state index in [-0.39, 0.29) is 21.7 Å². The monoisotopic (exact) mass is 658 g/mol. The molecule has 8 aromatic carbocycles. The molecule has 0 N–H and O–H groups in total. The van der Waals surface area contributed by atoms with E-state index in [9.17, 15) is 0 Å². The molecule has 0 aromatic heterocycles. The Kier molecular flexibility index (Phi) is 6.84. The topological polar surface area (TPSA) is 18.5 Å². The highest BCUT2D eigenvalue weighted by molar-refractivity contribution is 6.26. The Morgan fingerprint density at radius 3 is 0.880 bits per heavy atom. The van der Waals surface area contributed by atoms with Crippen molar-refractivity contribution in [1.29, 1.82) is 0 Å². The van der Waals surface area contributed by atoms with Crippen LogP contribution in [0, 0.1) is 0 Å². The van der Waals surface area contributed by atoms with Gasteiger partial charge >= 0.3 is 0 Å². The summed E-state index contributed by atoms with van der Waals surface area (Å²) in [4.78, 5) is 13.5. The van der Waals surface area contributed by atoms with Gasteiger partial charge in [0.1, 0.15) is 0 Å². The van der Waals surface area contributed by atoms with Crippen molar-refractivity contribution >= 4 is 64.6 Å². The molecule has 0 aliphatic carbocycles. The third-order valence-corrected chi connectivity index (χ3v) is 10.9. The van der Waals surface area contributed by atoms with Gasteiger partial charge in [-0.1, -0.05) is 144 Å². The summed E-state index contributed by atoms with van der Waals surface area (Å²) in [6.07, 6.45) is 0. The summed E-state index contributed by atoms with van der Waals surface area (Å²) in [5, 5.41) is 14.7. The van der Waals surface area contributed by atoms with E-state index in [2.05, 4.69) is 168 Å². The minimum Gasteiger partial charge on any atom is -0.289 e. The second-order valence-corrected chi connectivity index (χ2v) is 18.8. The van der Waals surface area contributed by atoms with E-state index in [1.54, 1.807) is 0 Å². The van der Waals surface area contributed by atoms with Gasteiger partial charge in [-0.2, -0.15) is 0 Å². The molecule has 0 aliphatic rings. The van der Waals surface area contributed by atoms with Crippen molar-refractivity contribution in [2.24, 2.45) is 0 Å². The van der Waals surface area contributed by atoms with Gasteiger partial charge in [0.15, 0.2) is 11.5 Å². The summed E-state index contributed by atoms with van der Waals surface area (Å²) in [5.41, 5.74) is 4.71. The second-order valence-electron chi connectivity index (χ2n) is 18.8. The van der Waals surface area contributed by atoms with Gasteiger partial charge in [-0.05, 0) is 100 Å². The fourth-order valence-corrected chi connectivity index (χ4v) is 7.98. The molecule has 0 radical (unpaired) electrons. The second kappa shape index (κ2) is 10.5. The fraction of sp³-hybridized carbons (Fsp3) is 0.333. The summed E-state index contributed by atoms with van der Waals surface area (Å²) >= 11 is 0. The van der Waals surface area contributed by atoms with E-state index in [4.69, 9.17) is 9.78 Å². The maximum absolute atomic E-state index is 6.77. The number of benzene rings is 8. The first-order chi connectivity index (χ1) is 23.3. The van der Waals surface area contributed by atoms with E-state index in [0.29, 0.717) is 0 Å². The molecule has 0 heterocycles. The summed E-state index contributed by atoms with van der Waals surface area (Å²) in [5.74, 6) is 1.58. The van der Waals surface area contributed by atoms with Crippen molar-refractivity contribution < 1.29 is 9.78 Å². The van der Waals surface area contributed by atoms with Crippen LogP contribution < -0.4 is 9.78 Å². The molecule has 2 heteroatoms. The van der Waals surface area contributed by atoms with Crippen LogP contribution in [0.5, 0.6) is 11.5 Å². The summed E-state index contributed by atoms with van der Waals surface area (Å²) in [6, 6.07) is 32.2. The summed E-state index contributed by atoms with van der Waals surface area (Å²) in [7, 11) is 0. The number of hydrogen-bond donors (Lipinski definition) is 0. The maximum atomic E-state index is 6.77. The predicted octanol–water partition coefficient (Wildman–Crippen LogP) is 14.0. The Hall–Kier alpha value is -4.56. The minimum absolute atomic E-state index is 0.0618. The molecule has 8 rings (SSSR count). The van der Waals surface area contributed by atoms with Crippen molar-refractivity contribution in [3.8, 4) is 11.5 Å². The van der Waals surface area contributed by atoms with Gasteiger partial charge < -0.3 is 0 Å². The van der Waals surface area contributed by atoms with Crippen LogP contribution in [-0.2, 0) is 21.7 Å². The van der Waals surface area contributed by atoms with Crippen LogP contribution >= 0.6 is 0 Å². The van der Waals surface area contributed by atoms with Crippen LogP contribution in [0.2, 0.25) is 0 Å². The Labute approximate surface area is 297 Å². The molecule has 8 aromatic rings. The van der Waals surface area contributed by atoms with Crippen molar-refractivity contribution in [2.45, 2.75) is 105 Å². The van der Waals surface area contributed by atoms with Crippen molar-refractivity contribution in [2.75, 3.05) is 0 Å². The Morgan fingerprint density at radius 2 is 0.600 bits per heavy atom. The van der Waals surface area contributed by atoms with E-state index >= 15 is 0 Å². The third kappa shape index (κ3) is 5.05. The molecule has 0 unspecified atom stereocenters. The summed E-state index contributed by atoms with van der Waals surface area (Å²) in [6.45, 7) is 27.2. The van der Waals surface area contributed by atoms with Crippen LogP contribution in [0.4, 0.5) is 0 Å². The molecule has 50 heavy (non-hydrogen) atoms. The normalized spacial score (nSPS) is 13.6. The molecular weight excluding hydrogens is 609 g/mol. The number of rotatable bonds is 3. The molecule has 0 aliphatic heterocycles. The molecule has 0 amide bonds. The lowest BCUT2D eigenvalue weighted by Gasteiger charge is -2.28. The first kappa shape index (κ1) is 32.6. The molecular formula is C48H50O2. The van der Waals surface area contributed by atoms with Gasteiger partial charge in [-0.25, -0.2) is 0 Å². The van der Waals surface area contributed by atoms with Gasteiger partial charge in [-0.15, -0.1) is 0 Å². The van der Waals surface area contributed by atoms with Gasteiger partial charge in [0.2, 0.25) is 0 Å². The molecule has 254 valence electrons. The SMILES string of the molecule is CC(C)(C)c1cc2ccc3cc(C(C)(C)C)c(OOc4c(C(C)(C)C)cc5ccc6cc(C(C)(C)C)cc7ccc4c5c67)c4ccc(c1)c2c34. The van der Waals surface area contributed by atoms with E-state index in [1.807, 2.05) is 0 Å². The van der Waals surface area contributed by atoms with Crippen LogP contribution in [0.1, 0.15) is 105 Å². The fourth-order valence-electron chi connectivity index (χ4n) is 7.98. The van der Waals surface area contributed by atoms with Gasteiger partial charge in [0, 0.05) is 32.7 Å². The van der Waals surface area contributed by atoms with Crippen molar-refractivity contribution in [3.05, 3.63) is 107 Å². The third-order valence-electron chi connectivity index (χ3n) is 10.9. The average molecular weight is 659 g/mol. The zero-order valence-electron chi connectivity index (χ0n) is 31.9. The van der Waals surface area contributed by atoms with E-state index in [1.165, 1.54) is 65.0 Å². The quantitative estimate of drug-likeness (QED) is 0.107. The maximum Gasteiger partial charge on any atom is 0.190 e. The van der Waals surface area contributed by atoms with Crippen molar-refractivity contribution in [1.82, 2.24) is 0 Å².